The number of carbonyl (C=O) groups excluding carboxylic acids is 1. The van der Waals surface area contributed by atoms with Crippen molar-refractivity contribution in [3.8, 4) is 17.1 Å². The van der Waals surface area contributed by atoms with Crippen molar-refractivity contribution >= 4 is 5.91 Å². The Balaban J connectivity index is 1.45. The third-order valence-corrected chi connectivity index (χ3v) is 4.75. The summed E-state index contributed by atoms with van der Waals surface area (Å²) in [6.07, 6.45) is 1.43. The molecule has 0 bridgehead atoms. The summed E-state index contributed by atoms with van der Waals surface area (Å²) in [7, 11) is 0. The smallest absolute Gasteiger partial charge is 0.253 e. The lowest BCUT2D eigenvalue weighted by Gasteiger charge is -2.38. The molecule has 2 aromatic heterocycles. The highest BCUT2D eigenvalue weighted by Gasteiger charge is 2.35. The minimum absolute atomic E-state index is 0.0278. The van der Waals surface area contributed by atoms with Crippen molar-refractivity contribution in [1.29, 1.82) is 0 Å². The summed E-state index contributed by atoms with van der Waals surface area (Å²) in [5.74, 6) is -0.0594. The van der Waals surface area contributed by atoms with Gasteiger partial charge in [0.15, 0.2) is 5.76 Å². The first-order valence-corrected chi connectivity index (χ1v) is 9.31. The van der Waals surface area contributed by atoms with E-state index < -0.39 is 0 Å². The highest BCUT2D eigenvalue weighted by atomic mass is 19.1. The van der Waals surface area contributed by atoms with Gasteiger partial charge in [0.2, 0.25) is 5.88 Å². The van der Waals surface area contributed by atoms with E-state index in [-0.39, 0.29) is 36.2 Å². The fraction of sp³-hybridized carbons (Fsp3) is 0.286. The number of carbonyl (C=O) groups is 1. The van der Waals surface area contributed by atoms with Gasteiger partial charge in [-0.1, -0.05) is 5.16 Å². The fourth-order valence-electron chi connectivity index (χ4n) is 3.02. The maximum Gasteiger partial charge on any atom is 0.253 e. The maximum atomic E-state index is 13.2. The van der Waals surface area contributed by atoms with E-state index in [4.69, 9.17) is 14.0 Å². The molecule has 3 aromatic rings. The number of rotatable bonds is 7. The molecule has 156 valence electrons. The highest BCUT2D eigenvalue weighted by Crippen LogP contribution is 2.27. The van der Waals surface area contributed by atoms with Crippen LogP contribution in [0, 0.1) is 5.82 Å². The lowest BCUT2D eigenvalue weighted by molar-refractivity contribution is -0.0593. The number of aliphatic hydroxyl groups excluding tert-OH is 1. The van der Waals surface area contributed by atoms with Crippen LogP contribution in [-0.4, -0.2) is 39.9 Å². The van der Waals surface area contributed by atoms with Crippen LogP contribution in [-0.2, 0) is 18.0 Å². The van der Waals surface area contributed by atoms with Gasteiger partial charge in [-0.2, -0.15) is 0 Å². The molecule has 0 atom stereocenters. The number of hydrogen-bond donors (Lipinski definition) is 2. The van der Waals surface area contributed by atoms with Crippen LogP contribution < -0.4 is 10.1 Å². The number of halogens is 1. The number of hydrogen-bond acceptors (Lipinski definition) is 7. The number of amides is 1. The Morgan fingerprint density at radius 3 is 2.63 bits per heavy atom. The summed E-state index contributed by atoms with van der Waals surface area (Å²) in [4.78, 5) is 16.5. The Labute approximate surface area is 171 Å². The molecule has 2 N–H and O–H groups in total. The Morgan fingerprint density at radius 2 is 2.03 bits per heavy atom. The Hall–Kier alpha value is -3.30. The van der Waals surface area contributed by atoms with E-state index in [0.29, 0.717) is 41.5 Å². The number of aliphatic hydroxyl groups is 1. The average molecular weight is 413 g/mol. The molecule has 0 saturated carbocycles. The molecule has 0 unspecified atom stereocenters. The van der Waals surface area contributed by atoms with Crippen LogP contribution in [0.2, 0.25) is 0 Å². The summed E-state index contributed by atoms with van der Waals surface area (Å²) >= 11 is 0. The predicted octanol–water partition coefficient (Wildman–Crippen LogP) is 2.47. The van der Waals surface area contributed by atoms with Crippen molar-refractivity contribution < 1.29 is 28.3 Å². The molecule has 0 aliphatic carbocycles. The second-order valence-electron chi connectivity index (χ2n) is 7.28. The molecular formula is C21H20FN3O5. The van der Waals surface area contributed by atoms with Crippen LogP contribution in [0.3, 0.4) is 0 Å². The predicted molar refractivity (Wildman–Crippen MR) is 103 cm³/mol. The van der Waals surface area contributed by atoms with Gasteiger partial charge < -0.3 is 24.4 Å². The summed E-state index contributed by atoms with van der Waals surface area (Å²) < 4.78 is 29.2. The molecule has 0 radical (unpaired) electrons. The van der Waals surface area contributed by atoms with E-state index in [1.165, 1.54) is 18.3 Å². The molecule has 30 heavy (non-hydrogen) atoms. The molecule has 0 spiro atoms. The minimum Gasteiger partial charge on any atom is -0.473 e. The number of aromatic nitrogens is 2. The highest BCUT2D eigenvalue weighted by molar-refractivity contribution is 5.94. The van der Waals surface area contributed by atoms with Gasteiger partial charge >= 0.3 is 0 Å². The first-order valence-electron chi connectivity index (χ1n) is 9.31. The summed E-state index contributed by atoms with van der Waals surface area (Å²) in [6.45, 7) is 2.54. The molecule has 3 heterocycles. The van der Waals surface area contributed by atoms with E-state index in [0.717, 1.165) is 0 Å². The zero-order valence-electron chi connectivity index (χ0n) is 16.2. The van der Waals surface area contributed by atoms with E-state index in [2.05, 4.69) is 15.5 Å². The second kappa shape index (κ2) is 8.21. The fourth-order valence-corrected chi connectivity index (χ4v) is 3.02. The van der Waals surface area contributed by atoms with Crippen molar-refractivity contribution in [2.75, 3.05) is 13.2 Å². The number of benzene rings is 1. The Kier molecular flexibility index (Phi) is 5.47. The maximum absolute atomic E-state index is 13.2. The molecule has 1 aliphatic heterocycles. The van der Waals surface area contributed by atoms with Crippen LogP contribution in [0.15, 0.2) is 47.1 Å². The lowest BCUT2D eigenvalue weighted by atomic mass is 10.0. The van der Waals surface area contributed by atoms with Crippen molar-refractivity contribution in [3.63, 3.8) is 0 Å². The number of ether oxygens (including phenoxy) is 2. The van der Waals surface area contributed by atoms with Gasteiger partial charge in [-0.15, -0.1) is 0 Å². The monoisotopic (exact) mass is 413 g/mol. The number of nitrogens with zero attached hydrogens (tertiary/aromatic N) is 2. The van der Waals surface area contributed by atoms with Crippen LogP contribution in [0.25, 0.3) is 11.3 Å². The molecule has 1 amide bonds. The van der Waals surface area contributed by atoms with E-state index in [1.807, 2.05) is 6.92 Å². The van der Waals surface area contributed by atoms with Gasteiger partial charge in [-0.3, -0.25) is 4.79 Å². The molecule has 4 rings (SSSR count). The molecular weight excluding hydrogens is 393 g/mol. The third kappa shape index (κ3) is 4.17. The van der Waals surface area contributed by atoms with Gasteiger partial charge in [-0.25, -0.2) is 9.37 Å². The van der Waals surface area contributed by atoms with E-state index in [1.54, 1.807) is 24.3 Å². The second-order valence-corrected chi connectivity index (χ2v) is 7.28. The van der Waals surface area contributed by atoms with E-state index >= 15 is 0 Å². The summed E-state index contributed by atoms with van der Waals surface area (Å²) in [5.41, 5.74) is 1.67. The van der Waals surface area contributed by atoms with Crippen molar-refractivity contribution in [2.24, 2.45) is 0 Å². The largest absolute Gasteiger partial charge is 0.473 e. The standard InChI is InChI=1S/C21H20FN3O5/c1-21(11-28-12-21)24-20(27)14-4-7-18(23-8-14)29-10-16-17(9-26)30-25-19(16)13-2-5-15(22)6-3-13/h2-8,26H,9-12H2,1H3,(H,24,27). The molecule has 9 heteroatoms. The van der Waals surface area contributed by atoms with Gasteiger partial charge in [0.05, 0.1) is 29.9 Å². The van der Waals surface area contributed by atoms with Gasteiger partial charge in [0.1, 0.15) is 24.7 Å². The Bertz CT molecular complexity index is 1030. The van der Waals surface area contributed by atoms with Crippen LogP contribution in [0.4, 0.5) is 4.39 Å². The third-order valence-electron chi connectivity index (χ3n) is 4.75. The quantitative estimate of drug-likeness (QED) is 0.613. The number of pyridine rings is 1. The normalized spacial score (nSPS) is 14.8. The minimum atomic E-state index is -0.366. The SMILES string of the molecule is CC1(NC(=O)c2ccc(OCc3c(-c4ccc(F)cc4)noc3CO)nc2)COC1. The van der Waals surface area contributed by atoms with Crippen molar-refractivity contribution in [1.82, 2.24) is 15.5 Å². The van der Waals surface area contributed by atoms with Gasteiger partial charge in [0, 0.05) is 17.8 Å². The topological polar surface area (TPSA) is 107 Å². The zero-order chi connectivity index (χ0) is 21.1. The molecule has 1 fully saturated rings. The molecule has 1 saturated heterocycles. The average Bonchev–Trinajstić information content (AvgIpc) is 3.15. The van der Waals surface area contributed by atoms with Crippen LogP contribution in [0.5, 0.6) is 5.88 Å². The van der Waals surface area contributed by atoms with Gasteiger partial charge in [-0.05, 0) is 37.3 Å². The Morgan fingerprint density at radius 1 is 1.27 bits per heavy atom. The van der Waals surface area contributed by atoms with E-state index in [9.17, 15) is 14.3 Å². The van der Waals surface area contributed by atoms with Gasteiger partial charge in [0.25, 0.3) is 5.91 Å². The summed E-state index contributed by atoms with van der Waals surface area (Å²) in [6, 6.07) is 8.96. The van der Waals surface area contributed by atoms with Crippen LogP contribution in [0.1, 0.15) is 28.6 Å². The molecule has 1 aromatic carbocycles. The zero-order valence-corrected chi connectivity index (χ0v) is 16.2. The van der Waals surface area contributed by atoms with Crippen molar-refractivity contribution in [2.45, 2.75) is 25.7 Å². The lowest BCUT2D eigenvalue weighted by Crippen LogP contribution is -2.59. The first kappa shape index (κ1) is 20.0. The van der Waals surface area contributed by atoms with Crippen LogP contribution >= 0.6 is 0 Å². The molecule has 1 aliphatic rings. The number of nitrogens with one attached hydrogen (secondary N) is 1. The molecule has 8 nitrogen and oxygen atoms in total. The first-order chi connectivity index (χ1) is 14.5. The summed E-state index contributed by atoms with van der Waals surface area (Å²) in [5, 5.41) is 16.4. The van der Waals surface area contributed by atoms with Crippen molar-refractivity contribution in [3.05, 3.63) is 65.3 Å².